The Balaban J connectivity index is 1.74. The number of fused-ring (bicyclic) bond motifs is 1. The molecule has 1 aromatic heterocycles. The number of nitrogens with zero attached hydrogens (tertiary/aromatic N) is 3. The molecule has 0 unspecified atom stereocenters. The predicted octanol–water partition coefficient (Wildman–Crippen LogP) is 3.24. The molecule has 4 rings (SSSR count). The van der Waals surface area contributed by atoms with Crippen LogP contribution in [0.5, 0.6) is 5.75 Å². The molecule has 1 N–H and O–H groups in total. The van der Waals surface area contributed by atoms with Gasteiger partial charge in [0.25, 0.3) is 5.91 Å². The number of methoxy groups -OCH3 is 2. The van der Waals surface area contributed by atoms with E-state index in [1.54, 1.807) is 38.3 Å². The maximum absolute atomic E-state index is 13.5. The van der Waals surface area contributed by atoms with Gasteiger partial charge >= 0.3 is 0 Å². The summed E-state index contributed by atoms with van der Waals surface area (Å²) in [6.45, 7) is 0.325. The number of hydrogen-bond donors (Lipinski definition) is 1. The number of aromatic nitrogens is 2. The Morgan fingerprint density at radius 2 is 1.87 bits per heavy atom. The largest absolute Gasteiger partial charge is 0.497 e. The van der Waals surface area contributed by atoms with Gasteiger partial charge in [-0.2, -0.15) is 0 Å². The van der Waals surface area contributed by atoms with Crippen molar-refractivity contribution in [1.82, 2.24) is 15.1 Å². The average molecular weight is 439 g/mol. The Labute approximate surface area is 183 Å². The van der Waals surface area contributed by atoms with Gasteiger partial charge in [-0.15, -0.1) is 10.2 Å². The Kier molecular flexibility index (Phi) is 5.97. The zero-order valence-corrected chi connectivity index (χ0v) is 18.2. The van der Waals surface area contributed by atoms with Crippen LogP contribution >= 0.6 is 11.3 Å². The van der Waals surface area contributed by atoms with E-state index in [0.717, 1.165) is 5.56 Å². The van der Waals surface area contributed by atoms with Gasteiger partial charge in [0, 0.05) is 19.7 Å². The van der Waals surface area contributed by atoms with E-state index in [0.29, 0.717) is 33.6 Å². The van der Waals surface area contributed by atoms with Crippen LogP contribution in [-0.2, 0) is 16.1 Å². The molecule has 3 aromatic rings. The molecule has 2 aromatic carbocycles. The van der Waals surface area contributed by atoms with Crippen LogP contribution in [0.15, 0.2) is 48.5 Å². The Morgan fingerprint density at radius 3 is 2.58 bits per heavy atom. The number of amides is 2. The second kappa shape index (κ2) is 8.83. The lowest BCUT2D eigenvalue weighted by Gasteiger charge is -2.39. The van der Waals surface area contributed by atoms with Crippen molar-refractivity contribution < 1.29 is 19.1 Å². The molecule has 0 radical (unpaired) electrons. The smallest absolute Gasteiger partial charge is 0.254 e. The average Bonchev–Trinajstić information content (AvgIpc) is 3.23. The summed E-state index contributed by atoms with van der Waals surface area (Å²) < 4.78 is 10.3. The van der Waals surface area contributed by atoms with Crippen molar-refractivity contribution in [3.63, 3.8) is 0 Å². The minimum atomic E-state index is -0.623. The van der Waals surface area contributed by atoms with Crippen molar-refractivity contribution in [3.8, 4) is 5.75 Å². The molecule has 0 bridgehead atoms. The summed E-state index contributed by atoms with van der Waals surface area (Å²) in [6, 6.07) is 14.1. The first-order valence-electron chi connectivity index (χ1n) is 9.65. The second-order valence-corrected chi connectivity index (χ2v) is 8.18. The summed E-state index contributed by atoms with van der Waals surface area (Å²) in [5.74, 6) is -0.303. The molecular formula is C22H22N4O4S. The molecule has 2 amide bonds. The van der Waals surface area contributed by atoms with E-state index in [4.69, 9.17) is 9.47 Å². The number of carbonyl (C=O) groups is 2. The summed E-state index contributed by atoms with van der Waals surface area (Å²) in [4.78, 5) is 28.2. The topological polar surface area (TPSA) is 93.7 Å². The van der Waals surface area contributed by atoms with E-state index >= 15 is 0 Å². The Bertz CT molecular complexity index is 1100. The number of nitrogens with one attached hydrogen (secondary N) is 1. The lowest BCUT2D eigenvalue weighted by molar-refractivity contribution is -0.119. The molecule has 0 aliphatic carbocycles. The molecule has 0 fully saturated rings. The number of ether oxygens (including phenoxy) is 2. The lowest BCUT2D eigenvalue weighted by Crippen LogP contribution is -2.44. The van der Waals surface area contributed by atoms with E-state index in [2.05, 4.69) is 15.5 Å². The van der Waals surface area contributed by atoms with Crippen LogP contribution in [0.1, 0.15) is 38.5 Å². The Morgan fingerprint density at radius 1 is 1.13 bits per heavy atom. The summed E-state index contributed by atoms with van der Waals surface area (Å²) in [6.07, 6.45) is 0. The van der Waals surface area contributed by atoms with Crippen molar-refractivity contribution in [2.75, 3.05) is 26.6 Å². The highest BCUT2D eigenvalue weighted by Crippen LogP contribution is 2.42. The maximum atomic E-state index is 13.5. The highest BCUT2D eigenvalue weighted by atomic mass is 32.1. The molecule has 160 valence electrons. The number of benzene rings is 2. The molecule has 31 heavy (non-hydrogen) atoms. The first-order chi connectivity index (χ1) is 15.0. The van der Waals surface area contributed by atoms with E-state index < -0.39 is 12.0 Å². The predicted molar refractivity (Wildman–Crippen MR) is 116 cm³/mol. The highest BCUT2D eigenvalue weighted by Gasteiger charge is 2.42. The van der Waals surface area contributed by atoms with Crippen LogP contribution in [0.3, 0.4) is 0 Å². The van der Waals surface area contributed by atoms with Crippen LogP contribution < -0.4 is 10.1 Å². The maximum Gasteiger partial charge on any atom is 0.254 e. The summed E-state index contributed by atoms with van der Waals surface area (Å²) >= 11 is 1.26. The van der Waals surface area contributed by atoms with E-state index in [-0.39, 0.29) is 11.8 Å². The molecule has 0 saturated carbocycles. The molecule has 9 heteroatoms. The lowest BCUT2D eigenvalue weighted by atomic mass is 9.79. The SMILES string of the molecule is COCc1nnc(NC(=O)[C@@H]2c3ccccc3C(=O)N(C)[C@H]2c2ccc(OC)cc2)s1. The number of anilines is 1. The van der Waals surface area contributed by atoms with Crippen LogP contribution in [0.4, 0.5) is 5.13 Å². The number of hydrogen-bond acceptors (Lipinski definition) is 7. The van der Waals surface area contributed by atoms with E-state index in [1.165, 1.54) is 11.3 Å². The number of rotatable bonds is 6. The van der Waals surface area contributed by atoms with Crippen LogP contribution in [0.25, 0.3) is 0 Å². The first kappa shape index (κ1) is 21.0. The van der Waals surface area contributed by atoms with Gasteiger partial charge in [0.1, 0.15) is 17.4 Å². The first-order valence-corrected chi connectivity index (χ1v) is 10.5. The van der Waals surface area contributed by atoms with Crippen LogP contribution in [0.2, 0.25) is 0 Å². The number of carbonyl (C=O) groups excluding carboxylic acids is 2. The van der Waals surface area contributed by atoms with Gasteiger partial charge in [-0.1, -0.05) is 41.7 Å². The summed E-state index contributed by atoms with van der Waals surface area (Å²) in [7, 11) is 4.89. The fourth-order valence-electron chi connectivity index (χ4n) is 3.84. The van der Waals surface area contributed by atoms with Crippen molar-refractivity contribution in [3.05, 3.63) is 70.2 Å². The van der Waals surface area contributed by atoms with Gasteiger partial charge in [0.2, 0.25) is 11.0 Å². The van der Waals surface area contributed by atoms with Gasteiger partial charge < -0.3 is 14.4 Å². The Hall–Kier alpha value is -3.30. The molecule has 2 atom stereocenters. The molecular weight excluding hydrogens is 416 g/mol. The summed E-state index contributed by atoms with van der Waals surface area (Å²) in [5, 5.41) is 12.0. The van der Waals surface area contributed by atoms with Crippen molar-refractivity contribution in [1.29, 1.82) is 0 Å². The van der Waals surface area contributed by atoms with E-state index in [1.807, 2.05) is 36.4 Å². The second-order valence-electron chi connectivity index (χ2n) is 7.12. The van der Waals surface area contributed by atoms with Gasteiger partial charge in [0.15, 0.2) is 0 Å². The number of likely N-dealkylation sites (N-methyl/N-ethyl adjacent to an activating group) is 1. The van der Waals surface area contributed by atoms with Crippen molar-refractivity contribution >= 4 is 28.3 Å². The standard InChI is InChI=1S/C22H22N4O4S/c1-26-19(13-8-10-14(30-3)11-9-13)18(15-6-4-5-7-16(15)21(26)28)20(27)23-22-25-24-17(31-22)12-29-2/h4-11,18-19H,12H2,1-3H3,(H,23,25,27)/t18-,19+/m1/s1. The quantitative estimate of drug-likeness (QED) is 0.635. The summed E-state index contributed by atoms with van der Waals surface area (Å²) in [5.41, 5.74) is 2.04. The monoisotopic (exact) mass is 438 g/mol. The molecule has 1 aliphatic heterocycles. The third-order valence-corrected chi connectivity index (χ3v) is 6.10. The zero-order valence-electron chi connectivity index (χ0n) is 17.4. The van der Waals surface area contributed by atoms with Gasteiger partial charge in [0.05, 0.1) is 19.1 Å². The molecule has 1 aliphatic rings. The minimum absolute atomic E-state index is 0.126. The van der Waals surface area contributed by atoms with Gasteiger partial charge in [-0.25, -0.2) is 0 Å². The third-order valence-electron chi connectivity index (χ3n) is 5.28. The van der Waals surface area contributed by atoms with Crippen molar-refractivity contribution in [2.45, 2.75) is 18.6 Å². The highest BCUT2D eigenvalue weighted by molar-refractivity contribution is 7.15. The van der Waals surface area contributed by atoms with E-state index in [9.17, 15) is 9.59 Å². The van der Waals surface area contributed by atoms with Crippen LogP contribution in [-0.4, -0.2) is 48.2 Å². The minimum Gasteiger partial charge on any atom is -0.497 e. The fourth-order valence-corrected chi connectivity index (χ4v) is 4.56. The molecule has 0 saturated heterocycles. The van der Waals surface area contributed by atoms with Crippen molar-refractivity contribution in [2.24, 2.45) is 0 Å². The molecule has 8 nitrogen and oxygen atoms in total. The molecule has 2 heterocycles. The molecule has 0 spiro atoms. The van der Waals surface area contributed by atoms with Crippen LogP contribution in [0, 0.1) is 0 Å². The van der Waals surface area contributed by atoms with Gasteiger partial charge in [-0.05, 0) is 29.3 Å². The fraction of sp³-hybridized carbons (Fsp3) is 0.273. The van der Waals surface area contributed by atoms with Gasteiger partial charge in [-0.3, -0.25) is 14.9 Å². The normalized spacial score (nSPS) is 17.9. The zero-order chi connectivity index (χ0) is 22.0. The third kappa shape index (κ3) is 4.01.